The minimum absolute atomic E-state index is 0.293. The van der Waals surface area contributed by atoms with Crippen LogP contribution in [0.4, 0.5) is 11.8 Å². The number of fused-ring (bicyclic) bond motifs is 1. The highest BCUT2D eigenvalue weighted by Gasteiger charge is 2.30. The number of aliphatic hydroxyl groups excluding tert-OH is 1. The molecule has 0 spiro atoms. The normalized spacial score (nSPS) is 14.6. The van der Waals surface area contributed by atoms with Gasteiger partial charge in [0.25, 0.3) is 5.91 Å². The number of nitrogens with zero attached hydrogens (tertiary/aromatic N) is 5. The predicted molar refractivity (Wildman–Crippen MR) is 101 cm³/mol. The Morgan fingerprint density at radius 2 is 1.81 bits per heavy atom. The number of hydrogen-bond donors (Lipinski definition) is 1. The Balaban J connectivity index is 1.88. The standard InChI is InChI=1S/C19H25N5O2/c1-22(2)17-14-10-11-24(12-15(14)20-19(21-17)23(3)4)18(26)16(25)13-8-6-5-7-9-13/h5-9,16,25H,10-12H2,1-4H3/t16-/m1/s1. The van der Waals surface area contributed by atoms with Gasteiger partial charge in [-0.05, 0) is 12.0 Å². The van der Waals surface area contributed by atoms with Crippen LogP contribution in [0.3, 0.4) is 0 Å². The predicted octanol–water partition coefficient (Wildman–Crippen LogP) is 1.23. The van der Waals surface area contributed by atoms with Gasteiger partial charge in [0.15, 0.2) is 6.10 Å². The third-order valence-corrected chi connectivity index (χ3v) is 4.52. The molecule has 7 nitrogen and oxygen atoms in total. The fraction of sp³-hybridized carbons (Fsp3) is 0.421. The van der Waals surface area contributed by atoms with E-state index in [1.165, 1.54) is 0 Å². The Hall–Kier alpha value is -2.67. The Bertz CT molecular complexity index is 792. The number of carbonyl (C=O) groups is 1. The summed E-state index contributed by atoms with van der Waals surface area (Å²) in [5, 5.41) is 10.4. The van der Waals surface area contributed by atoms with Crippen molar-refractivity contribution >= 4 is 17.7 Å². The second-order valence-electron chi connectivity index (χ2n) is 6.88. The van der Waals surface area contributed by atoms with E-state index in [1.807, 2.05) is 56.2 Å². The Morgan fingerprint density at radius 1 is 1.12 bits per heavy atom. The molecular weight excluding hydrogens is 330 g/mol. The lowest BCUT2D eigenvalue weighted by Gasteiger charge is -2.32. The van der Waals surface area contributed by atoms with Crippen LogP contribution < -0.4 is 9.80 Å². The van der Waals surface area contributed by atoms with Crippen molar-refractivity contribution in [3.05, 3.63) is 47.2 Å². The van der Waals surface area contributed by atoms with E-state index in [-0.39, 0.29) is 5.91 Å². The monoisotopic (exact) mass is 355 g/mol. The zero-order valence-electron chi connectivity index (χ0n) is 15.7. The number of carbonyl (C=O) groups excluding carboxylic acids is 1. The first-order valence-corrected chi connectivity index (χ1v) is 8.64. The molecule has 138 valence electrons. The van der Waals surface area contributed by atoms with Gasteiger partial charge in [0.05, 0.1) is 12.2 Å². The van der Waals surface area contributed by atoms with Crippen LogP contribution >= 0.6 is 0 Å². The number of rotatable bonds is 4. The number of aromatic nitrogens is 2. The maximum Gasteiger partial charge on any atom is 0.256 e. The summed E-state index contributed by atoms with van der Waals surface area (Å²) in [5.74, 6) is 1.21. The second kappa shape index (κ2) is 7.29. The van der Waals surface area contributed by atoms with Crippen molar-refractivity contribution in [1.29, 1.82) is 0 Å². The maximum atomic E-state index is 12.8. The van der Waals surface area contributed by atoms with Gasteiger partial charge >= 0.3 is 0 Å². The highest BCUT2D eigenvalue weighted by atomic mass is 16.3. The number of amides is 1. The molecule has 0 saturated heterocycles. The van der Waals surface area contributed by atoms with Crippen LogP contribution in [0, 0.1) is 0 Å². The van der Waals surface area contributed by atoms with Gasteiger partial charge in [0.1, 0.15) is 5.82 Å². The van der Waals surface area contributed by atoms with Gasteiger partial charge in [-0.2, -0.15) is 4.98 Å². The molecule has 26 heavy (non-hydrogen) atoms. The quantitative estimate of drug-likeness (QED) is 0.889. The topological polar surface area (TPSA) is 72.8 Å². The highest BCUT2D eigenvalue weighted by Crippen LogP contribution is 2.28. The third kappa shape index (κ3) is 3.48. The molecule has 0 fully saturated rings. The third-order valence-electron chi connectivity index (χ3n) is 4.52. The molecule has 1 aliphatic rings. The van der Waals surface area contributed by atoms with E-state index in [9.17, 15) is 9.90 Å². The first-order chi connectivity index (χ1) is 12.4. The van der Waals surface area contributed by atoms with E-state index in [4.69, 9.17) is 0 Å². The fourth-order valence-corrected chi connectivity index (χ4v) is 3.11. The number of benzene rings is 1. The molecule has 7 heteroatoms. The molecule has 3 rings (SSSR count). The molecule has 1 aromatic heterocycles. The van der Waals surface area contributed by atoms with Crippen LogP contribution in [0.25, 0.3) is 0 Å². The molecule has 1 amide bonds. The minimum atomic E-state index is -1.15. The van der Waals surface area contributed by atoms with Crippen molar-refractivity contribution in [2.24, 2.45) is 0 Å². The lowest BCUT2D eigenvalue weighted by Crippen LogP contribution is -2.40. The lowest BCUT2D eigenvalue weighted by atomic mass is 10.0. The molecule has 2 aromatic rings. The lowest BCUT2D eigenvalue weighted by molar-refractivity contribution is -0.141. The van der Waals surface area contributed by atoms with E-state index in [0.717, 1.165) is 17.1 Å². The van der Waals surface area contributed by atoms with E-state index in [0.29, 0.717) is 31.0 Å². The summed E-state index contributed by atoms with van der Waals surface area (Å²) in [4.78, 5) is 27.5. The zero-order valence-corrected chi connectivity index (χ0v) is 15.7. The van der Waals surface area contributed by atoms with Crippen LogP contribution in [0.15, 0.2) is 30.3 Å². The molecule has 0 bridgehead atoms. The minimum Gasteiger partial charge on any atom is -0.378 e. The van der Waals surface area contributed by atoms with E-state index in [1.54, 1.807) is 17.0 Å². The second-order valence-corrected chi connectivity index (χ2v) is 6.88. The van der Waals surface area contributed by atoms with Crippen LogP contribution in [0.2, 0.25) is 0 Å². The van der Waals surface area contributed by atoms with Crippen molar-refractivity contribution in [1.82, 2.24) is 14.9 Å². The summed E-state index contributed by atoms with van der Waals surface area (Å²) in [6.07, 6.45) is -0.481. The van der Waals surface area contributed by atoms with Gasteiger partial charge in [-0.15, -0.1) is 0 Å². The summed E-state index contributed by atoms with van der Waals surface area (Å²) in [6.45, 7) is 0.920. The number of aliphatic hydroxyl groups is 1. The molecule has 2 heterocycles. The molecule has 1 aliphatic heterocycles. The molecule has 0 unspecified atom stereocenters. The average Bonchev–Trinajstić information content (AvgIpc) is 2.65. The van der Waals surface area contributed by atoms with Crippen molar-refractivity contribution in [2.75, 3.05) is 44.5 Å². The molecule has 1 atom stereocenters. The molecule has 0 aliphatic carbocycles. The van der Waals surface area contributed by atoms with Crippen molar-refractivity contribution in [2.45, 2.75) is 19.1 Å². The molecule has 1 N–H and O–H groups in total. The number of anilines is 2. The molecule has 0 radical (unpaired) electrons. The van der Waals surface area contributed by atoms with Crippen molar-refractivity contribution in [3.63, 3.8) is 0 Å². The maximum absolute atomic E-state index is 12.8. The molecule has 1 aromatic carbocycles. The Morgan fingerprint density at radius 3 is 2.42 bits per heavy atom. The van der Waals surface area contributed by atoms with E-state index < -0.39 is 6.10 Å². The highest BCUT2D eigenvalue weighted by molar-refractivity contribution is 5.82. The summed E-state index contributed by atoms with van der Waals surface area (Å²) in [7, 11) is 7.70. The molecule has 0 saturated carbocycles. The average molecular weight is 355 g/mol. The SMILES string of the molecule is CN(C)c1nc2c(c(N(C)C)n1)CCN(C(=O)[C@H](O)c1ccccc1)C2. The smallest absolute Gasteiger partial charge is 0.256 e. The van der Waals surface area contributed by atoms with E-state index >= 15 is 0 Å². The largest absolute Gasteiger partial charge is 0.378 e. The Labute approximate surface area is 153 Å². The van der Waals surface area contributed by atoms with Crippen LogP contribution in [0.1, 0.15) is 22.9 Å². The van der Waals surface area contributed by atoms with Gasteiger partial charge in [-0.25, -0.2) is 4.98 Å². The summed E-state index contributed by atoms with van der Waals surface area (Å²) < 4.78 is 0. The first-order valence-electron chi connectivity index (χ1n) is 8.64. The number of hydrogen-bond acceptors (Lipinski definition) is 6. The van der Waals surface area contributed by atoms with Crippen LogP contribution in [-0.2, 0) is 17.8 Å². The summed E-state index contributed by atoms with van der Waals surface area (Å²) >= 11 is 0. The van der Waals surface area contributed by atoms with Gasteiger partial charge in [-0.1, -0.05) is 30.3 Å². The van der Waals surface area contributed by atoms with Gasteiger partial charge in [0.2, 0.25) is 5.95 Å². The Kier molecular flexibility index (Phi) is 5.08. The fourth-order valence-electron chi connectivity index (χ4n) is 3.11. The van der Waals surface area contributed by atoms with Crippen LogP contribution in [-0.4, -0.2) is 60.6 Å². The first kappa shape index (κ1) is 18.1. The van der Waals surface area contributed by atoms with Crippen molar-refractivity contribution in [3.8, 4) is 0 Å². The van der Waals surface area contributed by atoms with Crippen molar-refractivity contribution < 1.29 is 9.90 Å². The van der Waals surface area contributed by atoms with Gasteiger partial charge in [0, 0.05) is 40.3 Å². The van der Waals surface area contributed by atoms with Crippen LogP contribution in [0.5, 0.6) is 0 Å². The summed E-state index contributed by atoms with van der Waals surface area (Å²) in [6, 6.07) is 9.02. The van der Waals surface area contributed by atoms with E-state index in [2.05, 4.69) is 9.97 Å². The van der Waals surface area contributed by atoms with Gasteiger partial charge < -0.3 is 19.8 Å². The molecular formula is C19H25N5O2. The van der Waals surface area contributed by atoms with Gasteiger partial charge in [-0.3, -0.25) is 4.79 Å². The summed E-state index contributed by atoms with van der Waals surface area (Å²) in [5.41, 5.74) is 2.51. The zero-order chi connectivity index (χ0) is 18.8.